The summed E-state index contributed by atoms with van der Waals surface area (Å²) in [5.41, 5.74) is 3.99. The van der Waals surface area contributed by atoms with Gasteiger partial charge < -0.3 is 0 Å². The van der Waals surface area contributed by atoms with Crippen LogP contribution in [0.4, 0.5) is 0 Å². The Morgan fingerprint density at radius 2 is 0.976 bits per heavy atom. The van der Waals surface area contributed by atoms with E-state index in [0.717, 1.165) is 22.1 Å². The molecule has 2 aromatic carbocycles. The van der Waals surface area contributed by atoms with Gasteiger partial charge in [-0.1, -0.05) is 64.5 Å². The van der Waals surface area contributed by atoms with E-state index >= 15 is 0 Å². The average Bonchev–Trinajstić information content (AvgIpc) is 3.82. The standard InChI is InChI=1S/C36H36N2S4/c1-3-5-7-9-13-23-17-19-29(39-23)31-21-25-33-34(38-28-16-12-11-15-27(28)37-33)26-22-32(42-36(26)35(25)41-31)30-20-18-24(40-30)14-10-8-6-4-2/h11-12,15-22H,3-10,13-14H2,1-2H3. The van der Waals surface area contributed by atoms with Crippen molar-refractivity contribution in [1.82, 2.24) is 9.97 Å². The molecule has 0 aliphatic carbocycles. The van der Waals surface area contributed by atoms with Gasteiger partial charge in [-0.2, -0.15) is 0 Å². The second kappa shape index (κ2) is 12.5. The summed E-state index contributed by atoms with van der Waals surface area (Å²) in [6.45, 7) is 4.56. The van der Waals surface area contributed by atoms with Gasteiger partial charge in [0.25, 0.3) is 0 Å². The van der Waals surface area contributed by atoms with Crippen LogP contribution in [0.1, 0.15) is 75.0 Å². The van der Waals surface area contributed by atoms with E-state index in [1.807, 2.05) is 45.3 Å². The smallest absolute Gasteiger partial charge is 0.0988 e. The number of fused-ring (bicyclic) bond motifs is 7. The Bertz CT molecular complexity index is 1840. The molecule has 0 N–H and O–H groups in total. The van der Waals surface area contributed by atoms with E-state index in [1.54, 1.807) is 0 Å². The lowest BCUT2D eigenvalue weighted by atomic mass is 10.1. The van der Waals surface area contributed by atoms with Gasteiger partial charge in [0.05, 0.1) is 31.5 Å². The van der Waals surface area contributed by atoms with Crippen LogP contribution in [0.2, 0.25) is 0 Å². The summed E-state index contributed by atoms with van der Waals surface area (Å²) in [5.74, 6) is 0. The fourth-order valence-corrected chi connectivity index (χ4v) is 10.6. The Hall–Kier alpha value is -2.64. The van der Waals surface area contributed by atoms with Gasteiger partial charge in [0.15, 0.2) is 0 Å². The van der Waals surface area contributed by atoms with E-state index in [2.05, 4.69) is 74.5 Å². The summed E-state index contributed by atoms with van der Waals surface area (Å²) in [5, 5.41) is 2.48. The van der Waals surface area contributed by atoms with Gasteiger partial charge >= 0.3 is 0 Å². The van der Waals surface area contributed by atoms with Gasteiger partial charge in [-0.15, -0.1) is 45.3 Å². The molecule has 0 amide bonds. The molecule has 0 radical (unpaired) electrons. The maximum Gasteiger partial charge on any atom is 0.0988 e. The molecular formula is C36H36N2S4. The molecule has 5 aromatic heterocycles. The highest BCUT2D eigenvalue weighted by molar-refractivity contribution is 7.32. The lowest BCUT2D eigenvalue weighted by molar-refractivity contribution is 0.670. The molecule has 0 atom stereocenters. The van der Waals surface area contributed by atoms with Crippen LogP contribution in [0.15, 0.2) is 60.7 Å². The van der Waals surface area contributed by atoms with Gasteiger partial charge in [-0.05, 0) is 74.2 Å². The van der Waals surface area contributed by atoms with Crippen molar-refractivity contribution < 1.29 is 0 Å². The first-order valence-electron chi connectivity index (χ1n) is 15.5. The van der Waals surface area contributed by atoms with Crippen molar-refractivity contribution in [3.8, 4) is 19.5 Å². The number of benzene rings is 2. The van der Waals surface area contributed by atoms with Crippen molar-refractivity contribution in [3.63, 3.8) is 0 Å². The Labute approximate surface area is 264 Å². The zero-order valence-electron chi connectivity index (χ0n) is 24.4. The molecule has 6 heteroatoms. The second-order valence-electron chi connectivity index (χ2n) is 11.3. The third kappa shape index (κ3) is 5.55. The minimum absolute atomic E-state index is 0.963. The SMILES string of the molecule is CCCCCCc1ccc(-c2cc3c4nc5ccccc5nc4c4cc(-c5ccc(CCCCCC)s5)sc4c3s2)s1. The van der Waals surface area contributed by atoms with Crippen molar-refractivity contribution in [2.75, 3.05) is 0 Å². The summed E-state index contributed by atoms with van der Waals surface area (Å²) in [4.78, 5) is 18.9. The molecule has 0 aliphatic heterocycles. The molecule has 0 aliphatic rings. The van der Waals surface area contributed by atoms with Gasteiger partial charge in [0.2, 0.25) is 0 Å². The average molecular weight is 625 g/mol. The predicted octanol–water partition coefficient (Wildman–Crippen LogP) is 12.9. The fraction of sp³-hybridized carbons (Fsp3) is 0.333. The van der Waals surface area contributed by atoms with Crippen molar-refractivity contribution in [2.45, 2.75) is 78.1 Å². The Balaban J connectivity index is 1.32. The van der Waals surface area contributed by atoms with E-state index in [0.29, 0.717) is 0 Å². The minimum atomic E-state index is 0.963. The maximum absolute atomic E-state index is 5.22. The molecule has 5 heterocycles. The molecule has 7 rings (SSSR count). The molecule has 2 nitrogen and oxygen atoms in total. The van der Waals surface area contributed by atoms with Gasteiger partial charge in [0.1, 0.15) is 0 Å². The molecule has 42 heavy (non-hydrogen) atoms. The zero-order chi connectivity index (χ0) is 28.5. The zero-order valence-corrected chi connectivity index (χ0v) is 27.6. The van der Waals surface area contributed by atoms with Crippen LogP contribution in [-0.2, 0) is 12.8 Å². The molecule has 0 saturated carbocycles. The van der Waals surface area contributed by atoms with Gasteiger partial charge in [-0.3, -0.25) is 0 Å². The van der Waals surface area contributed by atoms with Crippen LogP contribution in [0.5, 0.6) is 0 Å². The third-order valence-corrected chi connectivity index (χ3v) is 13.2. The molecule has 0 bridgehead atoms. The van der Waals surface area contributed by atoms with E-state index < -0.39 is 0 Å². The lowest BCUT2D eigenvalue weighted by Gasteiger charge is -2.04. The molecule has 7 aromatic rings. The number of aromatic nitrogens is 2. The number of hydrogen-bond donors (Lipinski definition) is 0. The maximum atomic E-state index is 5.22. The topological polar surface area (TPSA) is 25.8 Å². The fourth-order valence-electron chi connectivity index (χ4n) is 5.83. The summed E-state index contributed by atoms with van der Waals surface area (Å²) in [6, 6.07) is 22.4. The largest absolute Gasteiger partial charge is 0.244 e. The summed E-state index contributed by atoms with van der Waals surface area (Å²) in [7, 11) is 0. The van der Waals surface area contributed by atoms with Crippen LogP contribution in [-0.4, -0.2) is 9.97 Å². The van der Waals surface area contributed by atoms with E-state index in [-0.39, 0.29) is 0 Å². The number of aryl methyl sites for hydroxylation is 2. The highest BCUT2D eigenvalue weighted by Gasteiger charge is 2.20. The molecule has 0 unspecified atom stereocenters. The summed E-state index contributed by atoms with van der Waals surface area (Å²) in [6.07, 6.45) is 12.9. The van der Waals surface area contributed by atoms with Crippen LogP contribution in [0.25, 0.3) is 61.7 Å². The molecule has 0 spiro atoms. The first kappa shape index (κ1) is 28.1. The molecule has 0 fully saturated rings. The predicted molar refractivity (Wildman–Crippen MR) is 190 cm³/mol. The Kier molecular flexibility index (Phi) is 8.40. The quantitative estimate of drug-likeness (QED) is 0.0998. The number of unbranched alkanes of at least 4 members (excludes halogenated alkanes) is 6. The van der Waals surface area contributed by atoms with Crippen molar-refractivity contribution in [2.24, 2.45) is 0 Å². The van der Waals surface area contributed by atoms with Crippen LogP contribution < -0.4 is 0 Å². The van der Waals surface area contributed by atoms with Crippen molar-refractivity contribution in [3.05, 3.63) is 70.4 Å². The monoisotopic (exact) mass is 624 g/mol. The first-order valence-corrected chi connectivity index (χ1v) is 18.7. The highest BCUT2D eigenvalue weighted by atomic mass is 32.1. The molecule has 0 saturated heterocycles. The Morgan fingerprint density at radius 3 is 1.43 bits per heavy atom. The van der Waals surface area contributed by atoms with E-state index in [9.17, 15) is 0 Å². The van der Waals surface area contributed by atoms with Crippen LogP contribution in [0.3, 0.4) is 0 Å². The van der Waals surface area contributed by atoms with Crippen molar-refractivity contribution in [1.29, 1.82) is 0 Å². The lowest BCUT2D eigenvalue weighted by Crippen LogP contribution is -1.88. The first-order chi connectivity index (χ1) is 20.7. The minimum Gasteiger partial charge on any atom is -0.244 e. The number of thiophene rings is 4. The molecular weight excluding hydrogens is 589 g/mol. The number of nitrogens with zero attached hydrogens (tertiary/aromatic N) is 2. The normalized spacial score (nSPS) is 12.0. The molecule has 214 valence electrons. The van der Waals surface area contributed by atoms with E-state index in [1.165, 1.54) is 114 Å². The number of rotatable bonds is 12. The summed E-state index contributed by atoms with van der Waals surface area (Å²) >= 11 is 7.80. The van der Waals surface area contributed by atoms with Crippen LogP contribution >= 0.6 is 45.3 Å². The second-order valence-corrected chi connectivity index (χ2v) is 15.7. The van der Waals surface area contributed by atoms with Gasteiger partial charge in [0, 0.05) is 40.0 Å². The van der Waals surface area contributed by atoms with Crippen LogP contribution in [0, 0.1) is 0 Å². The third-order valence-electron chi connectivity index (χ3n) is 8.11. The van der Waals surface area contributed by atoms with Crippen molar-refractivity contribution >= 4 is 87.6 Å². The van der Waals surface area contributed by atoms with Gasteiger partial charge in [-0.25, -0.2) is 9.97 Å². The van der Waals surface area contributed by atoms with E-state index in [4.69, 9.17) is 9.97 Å². The number of hydrogen-bond acceptors (Lipinski definition) is 6. The highest BCUT2D eigenvalue weighted by Crippen LogP contribution is 2.48. The summed E-state index contributed by atoms with van der Waals surface area (Å²) < 4.78 is 2.70. The Morgan fingerprint density at radius 1 is 0.500 bits per heavy atom. The number of para-hydroxylation sites is 2.